The molecule has 0 bridgehead atoms. The number of carbonyl (C=O) groups is 1. The van der Waals surface area contributed by atoms with Crippen LogP contribution in [0.15, 0.2) is 52.0 Å². The lowest BCUT2D eigenvalue weighted by Gasteiger charge is -2.26. The van der Waals surface area contributed by atoms with Crippen LogP contribution < -0.4 is 14.9 Å². The number of morpholine rings is 1. The topological polar surface area (TPSA) is 72.4 Å². The Labute approximate surface area is 172 Å². The van der Waals surface area contributed by atoms with Crippen molar-refractivity contribution in [1.29, 1.82) is 0 Å². The van der Waals surface area contributed by atoms with E-state index in [1.54, 1.807) is 30.4 Å². The molecular formula is C20H22BrN3O4. The molecule has 0 aromatic heterocycles. The Bertz CT molecular complexity index is 821. The van der Waals surface area contributed by atoms with Gasteiger partial charge >= 0.3 is 0 Å². The number of anilines is 1. The first-order valence-electron chi connectivity index (χ1n) is 8.87. The number of carbonyl (C=O) groups excluding carboxylic acids is 1. The van der Waals surface area contributed by atoms with Crippen molar-refractivity contribution in [2.45, 2.75) is 0 Å². The summed E-state index contributed by atoms with van der Waals surface area (Å²) in [6, 6.07) is 13.1. The lowest BCUT2D eigenvalue weighted by Crippen LogP contribution is -2.43. The summed E-state index contributed by atoms with van der Waals surface area (Å²) < 4.78 is 17.3. The smallest absolute Gasteiger partial charge is 0.260 e. The molecule has 2 aromatic rings. The van der Waals surface area contributed by atoms with Crippen molar-refractivity contribution < 1.29 is 19.0 Å². The molecule has 0 unspecified atom stereocenters. The highest BCUT2D eigenvalue weighted by Gasteiger charge is 2.18. The van der Waals surface area contributed by atoms with Gasteiger partial charge in [0.1, 0.15) is 0 Å². The Morgan fingerprint density at radius 2 is 1.96 bits per heavy atom. The molecule has 148 valence electrons. The fourth-order valence-electron chi connectivity index (χ4n) is 2.63. The van der Waals surface area contributed by atoms with Crippen LogP contribution >= 0.6 is 15.9 Å². The summed E-state index contributed by atoms with van der Waals surface area (Å²) in [5, 5.41) is 4.22. The van der Waals surface area contributed by atoms with Gasteiger partial charge in [0.15, 0.2) is 18.1 Å². The maximum absolute atomic E-state index is 12.2. The van der Waals surface area contributed by atoms with Crippen molar-refractivity contribution in [2.75, 3.05) is 45.4 Å². The predicted octanol–water partition coefficient (Wildman–Crippen LogP) is 3.14. The minimum atomic E-state index is -0.0605. The highest BCUT2D eigenvalue weighted by Crippen LogP contribution is 2.27. The quantitative estimate of drug-likeness (QED) is 0.521. The molecule has 1 aliphatic rings. The van der Waals surface area contributed by atoms with E-state index in [4.69, 9.17) is 14.2 Å². The van der Waals surface area contributed by atoms with E-state index < -0.39 is 0 Å². The van der Waals surface area contributed by atoms with E-state index in [1.165, 1.54) is 0 Å². The zero-order chi connectivity index (χ0) is 19.8. The van der Waals surface area contributed by atoms with Gasteiger partial charge < -0.3 is 19.1 Å². The Morgan fingerprint density at radius 1 is 1.21 bits per heavy atom. The molecule has 1 heterocycles. The standard InChI is InChI=1S/C20H22BrN3O4/c1-26-19-12-15(13-22-23-17-5-3-16(21)4-6-17)2-7-18(19)28-14-20(25)24-8-10-27-11-9-24/h2-7,12-13,23H,8-11,14H2,1H3/b22-13+. The number of hydrazone groups is 1. The molecule has 0 saturated carbocycles. The van der Waals surface area contributed by atoms with E-state index in [2.05, 4.69) is 26.5 Å². The normalized spacial score (nSPS) is 14.1. The van der Waals surface area contributed by atoms with Gasteiger partial charge in [-0.25, -0.2) is 0 Å². The molecule has 1 aliphatic heterocycles. The number of hydrogen-bond acceptors (Lipinski definition) is 6. The molecule has 1 amide bonds. The fourth-order valence-corrected chi connectivity index (χ4v) is 2.90. The number of nitrogens with zero attached hydrogens (tertiary/aromatic N) is 2. The molecule has 1 fully saturated rings. The second kappa shape index (κ2) is 10.1. The fraction of sp³-hybridized carbons (Fsp3) is 0.300. The largest absolute Gasteiger partial charge is 0.493 e. The first-order valence-corrected chi connectivity index (χ1v) is 9.66. The van der Waals surface area contributed by atoms with E-state index in [1.807, 2.05) is 30.3 Å². The van der Waals surface area contributed by atoms with Crippen LogP contribution in [0.1, 0.15) is 5.56 Å². The van der Waals surface area contributed by atoms with Crippen LogP contribution in [-0.2, 0) is 9.53 Å². The first-order chi connectivity index (χ1) is 13.7. The number of hydrogen-bond donors (Lipinski definition) is 1. The lowest BCUT2D eigenvalue weighted by atomic mass is 10.2. The molecule has 3 rings (SSSR count). The Kier molecular flexibility index (Phi) is 7.27. The van der Waals surface area contributed by atoms with Gasteiger partial charge in [0.2, 0.25) is 0 Å². The highest BCUT2D eigenvalue weighted by atomic mass is 79.9. The second-order valence-corrected chi connectivity index (χ2v) is 6.98. The van der Waals surface area contributed by atoms with Crippen molar-refractivity contribution in [3.8, 4) is 11.5 Å². The van der Waals surface area contributed by atoms with Gasteiger partial charge in [0.05, 0.1) is 32.2 Å². The second-order valence-electron chi connectivity index (χ2n) is 6.07. The zero-order valence-corrected chi connectivity index (χ0v) is 17.1. The van der Waals surface area contributed by atoms with Crippen LogP contribution in [0.4, 0.5) is 5.69 Å². The van der Waals surface area contributed by atoms with E-state index >= 15 is 0 Å². The number of rotatable bonds is 7. The number of ether oxygens (including phenoxy) is 3. The minimum Gasteiger partial charge on any atom is -0.493 e. The number of methoxy groups -OCH3 is 1. The average Bonchev–Trinajstić information content (AvgIpc) is 2.74. The van der Waals surface area contributed by atoms with E-state index in [0.29, 0.717) is 37.8 Å². The van der Waals surface area contributed by atoms with Crippen LogP contribution in [-0.4, -0.2) is 57.0 Å². The van der Waals surface area contributed by atoms with Gasteiger partial charge in [-0.2, -0.15) is 5.10 Å². The third-order valence-electron chi connectivity index (χ3n) is 4.15. The van der Waals surface area contributed by atoms with Gasteiger partial charge in [-0.05, 0) is 48.0 Å². The number of nitrogens with one attached hydrogen (secondary N) is 1. The van der Waals surface area contributed by atoms with Crippen molar-refractivity contribution in [2.24, 2.45) is 5.10 Å². The van der Waals surface area contributed by atoms with Gasteiger partial charge in [-0.15, -0.1) is 0 Å². The summed E-state index contributed by atoms with van der Waals surface area (Å²) in [7, 11) is 1.56. The number of halogens is 1. The van der Waals surface area contributed by atoms with Crippen molar-refractivity contribution >= 4 is 33.7 Å². The summed E-state index contributed by atoms with van der Waals surface area (Å²) in [5.41, 5.74) is 4.69. The maximum atomic E-state index is 12.2. The molecule has 0 radical (unpaired) electrons. The Morgan fingerprint density at radius 3 is 2.68 bits per heavy atom. The SMILES string of the molecule is COc1cc(/C=N/Nc2ccc(Br)cc2)ccc1OCC(=O)N1CCOCC1. The van der Waals surface area contributed by atoms with E-state index in [0.717, 1.165) is 15.7 Å². The first kappa shape index (κ1) is 20.2. The molecule has 0 spiro atoms. The molecule has 7 nitrogen and oxygen atoms in total. The molecule has 0 aliphatic carbocycles. The lowest BCUT2D eigenvalue weighted by molar-refractivity contribution is -0.137. The van der Waals surface area contributed by atoms with Gasteiger partial charge in [-0.1, -0.05) is 15.9 Å². The molecule has 1 N–H and O–H groups in total. The van der Waals surface area contributed by atoms with Crippen molar-refractivity contribution in [3.63, 3.8) is 0 Å². The van der Waals surface area contributed by atoms with Crippen LogP contribution in [0.5, 0.6) is 11.5 Å². The van der Waals surface area contributed by atoms with Crippen LogP contribution in [0.25, 0.3) is 0 Å². The monoisotopic (exact) mass is 447 g/mol. The van der Waals surface area contributed by atoms with Crippen LogP contribution in [0, 0.1) is 0 Å². The van der Waals surface area contributed by atoms with Gasteiger partial charge in [0.25, 0.3) is 5.91 Å². The highest BCUT2D eigenvalue weighted by molar-refractivity contribution is 9.10. The molecule has 8 heteroatoms. The number of benzene rings is 2. The molecule has 2 aromatic carbocycles. The molecule has 0 atom stereocenters. The molecule has 1 saturated heterocycles. The van der Waals surface area contributed by atoms with Gasteiger partial charge in [-0.3, -0.25) is 10.2 Å². The van der Waals surface area contributed by atoms with E-state index in [-0.39, 0.29) is 12.5 Å². The summed E-state index contributed by atoms with van der Waals surface area (Å²) in [5.74, 6) is 0.999. The van der Waals surface area contributed by atoms with Gasteiger partial charge in [0, 0.05) is 17.6 Å². The summed E-state index contributed by atoms with van der Waals surface area (Å²) in [4.78, 5) is 13.9. The summed E-state index contributed by atoms with van der Waals surface area (Å²) >= 11 is 3.40. The summed E-state index contributed by atoms with van der Waals surface area (Å²) in [6.07, 6.45) is 1.69. The van der Waals surface area contributed by atoms with Crippen molar-refractivity contribution in [3.05, 3.63) is 52.5 Å². The average molecular weight is 448 g/mol. The predicted molar refractivity (Wildman–Crippen MR) is 111 cm³/mol. The molecular weight excluding hydrogens is 426 g/mol. The van der Waals surface area contributed by atoms with Crippen LogP contribution in [0.2, 0.25) is 0 Å². The Balaban J connectivity index is 1.57. The third-order valence-corrected chi connectivity index (χ3v) is 4.68. The Hall–Kier alpha value is -2.58. The number of amides is 1. The zero-order valence-electron chi connectivity index (χ0n) is 15.6. The minimum absolute atomic E-state index is 0.0328. The maximum Gasteiger partial charge on any atom is 0.260 e. The summed E-state index contributed by atoms with van der Waals surface area (Å²) in [6.45, 7) is 2.30. The van der Waals surface area contributed by atoms with Crippen molar-refractivity contribution in [1.82, 2.24) is 4.90 Å². The third kappa shape index (κ3) is 5.71. The molecule has 28 heavy (non-hydrogen) atoms. The van der Waals surface area contributed by atoms with E-state index in [9.17, 15) is 4.79 Å². The van der Waals surface area contributed by atoms with Crippen LogP contribution in [0.3, 0.4) is 0 Å².